The molecule has 56 heavy (non-hydrogen) atoms. The van der Waals surface area contributed by atoms with E-state index in [1.54, 1.807) is 0 Å². The molecule has 0 fully saturated rings. The first kappa shape index (κ1) is 31.9. The number of fused-ring (bicyclic) bond motifs is 6. The van der Waals surface area contributed by atoms with Gasteiger partial charge in [0.15, 0.2) is 17.5 Å². The van der Waals surface area contributed by atoms with Gasteiger partial charge in [0.1, 0.15) is 0 Å². The fourth-order valence-corrected chi connectivity index (χ4v) is 8.14. The summed E-state index contributed by atoms with van der Waals surface area (Å²) in [5, 5.41) is 4.77. The number of nitrogens with zero attached hydrogens (tertiary/aromatic N) is 5. The Kier molecular flexibility index (Phi) is 7.42. The molecule has 0 saturated heterocycles. The first-order chi connectivity index (χ1) is 27.8. The summed E-state index contributed by atoms with van der Waals surface area (Å²) in [4.78, 5) is 15.1. The third-order valence-electron chi connectivity index (χ3n) is 10.8. The summed E-state index contributed by atoms with van der Waals surface area (Å²) >= 11 is 0. The van der Waals surface area contributed by atoms with Gasteiger partial charge < -0.3 is 9.13 Å². The van der Waals surface area contributed by atoms with E-state index in [2.05, 4.69) is 149 Å². The van der Waals surface area contributed by atoms with Gasteiger partial charge in [0, 0.05) is 49.6 Å². The Balaban J connectivity index is 1.13. The second-order valence-electron chi connectivity index (χ2n) is 14.1. The molecule has 0 radical (unpaired) electrons. The maximum atomic E-state index is 5.07. The minimum absolute atomic E-state index is 0.635. The molecule has 5 heteroatoms. The second kappa shape index (κ2) is 13.0. The Morgan fingerprint density at radius 2 is 0.643 bits per heavy atom. The molecule has 262 valence electrons. The molecule has 0 amide bonds. The van der Waals surface area contributed by atoms with Crippen LogP contribution < -0.4 is 0 Å². The van der Waals surface area contributed by atoms with E-state index in [-0.39, 0.29) is 0 Å². The highest BCUT2D eigenvalue weighted by atomic mass is 15.0. The van der Waals surface area contributed by atoms with E-state index in [9.17, 15) is 0 Å². The van der Waals surface area contributed by atoms with Gasteiger partial charge in [0.05, 0.1) is 22.1 Å². The lowest BCUT2D eigenvalue weighted by molar-refractivity contribution is 1.07. The molecule has 0 spiro atoms. The molecule has 11 aromatic rings. The van der Waals surface area contributed by atoms with Gasteiger partial charge in [-0.3, -0.25) is 0 Å². The molecule has 8 aromatic carbocycles. The maximum absolute atomic E-state index is 5.07. The molecule has 0 aliphatic rings. The normalized spacial score (nSPS) is 11.6. The predicted molar refractivity (Wildman–Crippen MR) is 230 cm³/mol. The standard InChI is InChI=1S/C51H33N5/c1-5-15-34(16-6-1)49-52-50(35-17-7-2-8-18-35)54-51(53-49)38-27-30-47-44(32-38)43-31-36(26-29-46(43)55(47)39-19-9-3-10-20-39)37-25-28-42-41-23-13-14-24-45(41)56(48(42)33-37)40-21-11-4-12-22-40/h1-33H. The molecule has 5 nitrogen and oxygen atoms in total. The Labute approximate surface area is 323 Å². The first-order valence-electron chi connectivity index (χ1n) is 18.9. The van der Waals surface area contributed by atoms with Crippen LogP contribution in [-0.2, 0) is 0 Å². The van der Waals surface area contributed by atoms with Crippen molar-refractivity contribution in [3.8, 4) is 56.7 Å². The van der Waals surface area contributed by atoms with Gasteiger partial charge in [-0.2, -0.15) is 0 Å². The number of rotatable bonds is 6. The maximum Gasteiger partial charge on any atom is 0.164 e. The van der Waals surface area contributed by atoms with Crippen LogP contribution >= 0.6 is 0 Å². The number of hydrogen-bond acceptors (Lipinski definition) is 3. The number of hydrogen-bond donors (Lipinski definition) is 0. The molecule has 0 atom stereocenters. The molecule has 0 saturated carbocycles. The smallest absolute Gasteiger partial charge is 0.164 e. The van der Waals surface area contributed by atoms with E-state index in [1.807, 2.05) is 60.7 Å². The summed E-state index contributed by atoms with van der Waals surface area (Å²) in [5.74, 6) is 1.93. The van der Waals surface area contributed by atoms with Crippen molar-refractivity contribution in [2.24, 2.45) is 0 Å². The highest BCUT2D eigenvalue weighted by molar-refractivity contribution is 6.13. The summed E-state index contributed by atoms with van der Waals surface area (Å²) < 4.78 is 4.73. The van der Waals surface area contributed by atoms with Gasteiger partial charge in [0.25, 0.3) is 0 Å². The van der Waals surface area contributed by atoms with Crippen molar-refractivity contribution >= 4 is 43.6 Å². The molecule has 0 aliphatic carbocycles. The molecule has 3 aromatic heterocycles. The topological polar surface area (TPSA) is 48.5 Å². The Morgan fingerprint density at radius 1 is 0.250 bits per heavy atom. The van der Waals surface area contributed by atoms with Crippen LogP contribution in [0.3, 0.4) is 0 Å². The third kappa shape index (κ3) is 5.29. The SMILES string of the molecule is c1ccc(-c2nc(-c3ccccc3)nc(-c3ccc4c(c3)c3cc(-c5ccc6c7ccccc7n(-c7ccccc7)c6c5)ccc3n4-c3ccccc3)n2)cc1. The summed E-state index contributed by atoms with van der Waals surface area (Å²) in [7, 11) is 0. The van der Waals surface area contributed by atoms with Gasteiger partial charge in [-0.15, -0.1) is 0 Å². The van der Waals surface area contributed by atoms with E-state index < -0.39 is 0 Å². The third-order valence-corrected chi connectivity index (χ3v) is 10.8. The summed E-state index contributed by atoms with van der Waals surface area (Å²) in [6.07, 6.45) is 0. The zero-order valence-electron chi connectivity index (χ0n) is 30.3. The van der Waals surface area contributed by atoms with Crippen molar-refractivity contribution in [3.05, 3.63) is 200 Å². The average Bonchev–Trinajstić information content (AvgIpc) is 3.79. The van der Waals surface area contributed by atoms with Crippen LogP contribution in [-0.4, -0.2) is 24.1 Å². The van der Waals surface area contributed by atoms with Crippen molar-refractivity contribution < 1.29 is 0 Å². The van der Waals surface area contributed by atoms with Crippen molar-refractivity contribution in [1.29, 1.82) is 0 Å². The average molecular weight is 716 g/mol. The molecule has 0 aliphatic heterocycles. The zero-order chi connectivity index (χ0) is 37.0. The lowest BCUT2D eigenvalue weighted by Gasteiger charge is -2.10. The van der Waals surface area contributed by atoms with Crippen LogP contribution in [0.15, 0.2) is 200 Å². The summed E-state index contributed by atoms with van der Waals surface area (Å²) in [6, 6.07) is 70.5. The lowest BCUT2D eigenvalue weighted by Crippen LogP contribution is -2.00. The van der Waals surface area contributed by atoms with Crippen LogP contribution in [0.25, 0.3) is 100 Å². The monoisotopic (exact) mass is 715 g/mol. The summed E-state index contributed by atoms with van der Waals surface area (Å²) in [5.41, 5.74) is 12.0. The highest BCUT2D eigenvalue weighted by Crippen LogP contribution is 2.39. The van der Waals surface area contributed by atoms with E-state index in [0.29, 0.717) is 17.5 Å². The molecule has 11 rings (SSSR count). The highest BCUT2D eigenvalue weighted by Gasteiger charge is 2.18. The van der Waals surface area contributed by atoms with Crippen LogP contribution in [0.5, 0.6) is 0 Å². The molecule has 0 N–H and O–H groups in total. The van der Waals surface area contributed by atoms with E-state index in [1.165, 1.54) is 21.8 Å². The number of benzene rings is 8. The molecule has 3 heterocycles. The van der Waals surface area contributed by atoms with Crippen molar-refractivity contribution in [1.82, 2.24) is 24.1 Å². The Morgan fingerprint density at radius 3 is 1.23 bits per heavy atom. The molecule has 0 unspecified atom stereocenters. The van der Waals surface area contributed by atoms with Crippen LogP contribution in [0.2, 0.25) is 0 Å². The first-order valence-corrected chi connectivity index (χ1v) is 18.9. The van der Waals surface area contributed by atoms with Crippen LogP contribution in [0.4, 0.5) is 0 Å². The summed E-state index contributed by atoms with van der Waals surface area (Å²) in [6.45, 7) is 0. The quantitative estimate of drug-likeness (QED) is 0.172. The van der Waals surface area contributed by atoms with Crippen LogP contribution in [0.1, 0.15) is 0 Å². The minimum atomic E-state index is 0.635. The van der Waals surface area contributed by atoms with Crippen molar-refractivity contribution in [3.63, 3.8) is 0 Å². The molecule has 0 bridgehead atoms. The Bertz CT molecular complexity index is 3160. The predicted octanol–water partition coefficient (Wildman–Crippen LogP) is 12.7. The number of para-hydroxylation sites is 3. The van der Waals surface area contributed by atoms with E-state index in [0.717, 1.165) is 61.0 Å². The van der Waals surface area contributed by atoms with E-state index in [4.69, 9.17) is 15.0 Å². The molecular weight excluding hydrogens is 683 g/mol. The van der Waals surface area contributed by atoms with Gasteiger partial charge in [-0.25, -0.2) is 15.0 Å². The van der Waals surface area contributed by atoms with Crippen LogP contribution in [0, 0.1) is 0 Å². The zero-order valence-corrected chi connectivity index (χ0v) is 30.3. The fourth-order valence-electron chi connectivity index (χ4n) is 8.14. The minimum Gasteiger partial charge on any atom is -0.309 e. The van der Waals surface area contributed by atoms with Gasteiger partial charge in [0.2, 0.25) is 0 Å². The van der Waals surface area contributed by atoms with Crippen molar-refractivity contribution in [2.75, 3.05) is 0 Å². The van der Waals surface area contributed by atoms with Gasteiger partial charge >= 0.3 is 0 Å². The number of aromatic nitrogens is 5. The van der Waals surface area contributed by atoms with E-state index >= 15 is 0 Å². The van der Waals surface area contributed by atoms with Gasteiger partial charge in [-0.1, -0.05) is 133 Å². The van der Waals surface area contributed by atoms with Crippen molar-refractivity contribution in [2.45, 2.75) is 0 Å². The second-order valence-corrected chi connectivity index (χ2v) is 14.1. The van der Waals surface area contributed by atoms with Gasteiger partial charge in [-0.05, 0) is 77.9 Å². The fraction of sp³-hybridized carbons (Fsp3) is 0. The largest absolute Gasteiger partial charge is 0.309 e. The Hall–Kier alpha value is -7.63. The molecular formula is C51H33N5. The lowest BCUT2D eigenvalue weighted by atomic mass is 10.0.